The van der Waals surface area contributed by atoms with E-state index in [4.69, 9.17) is 4.74 Å². The standard InChI is InChI=1S/C14H17NOS/c1-4-14-15-12(9-17-14)8-16-13-7-10(2)5-6-11(13)3/h5-7,9H,4,8H2,1-3H3. The number of hydrogen-bond donors (Lipinski definition) is 0. The van der Waals surface area contributed by atoms with E-state index in [1.165, 1.54) is 16.1 Å². The Labute approximate surface area is 106 Å². The second-order valence-corrected chi connectivity index (χ2v) is 5.09. The maximum Gasteiger partial charge on any atom is 0.131 e. The molecule has 0 aliphatic heterocycles. The number of benzene rings is 1. The Hall–Kier alpha value is -1.35. The van der Waals surface area contributed by atoms with Crippen molar-refractivity contribution >= 4 is 11.3 Å². The van der Waals surface area contributed by atoms with E-state index in [9.17, 15) is 0 Å². The minimum atomic E-state index is 0.556. The van der Waals surface area contributed by atoms with Gasteiger partial charge < -0.3 is 4.74 Å². The van der Waals surface area contributed by atoms with Crippen molar-refractivity contribution < 1.29 is 4.74 Å². The Morgan fingerprint density at radius 2 is 2.12 bits per heavy atom. The van der Waals surface area contributed by atoms with Crippen LogP contribution in [0.4, 0.5) is 0 Å². The minimum Gasteiger partial charge on any atom is -0.487 e. The van der Waals surface area contributed by atoms with E-state index in [0.717, 1.165) is 17.9 Å². The highest BCUT2D eigenvalue weighted by Gasteiger charge is 2.03. The molecule has 2 rings (SSSR count). The molecule has 0 aliphatic rings. The van der Waals surface area contributed by atoms with Gasteiger partial charge in [-0.25, -0.2) is 4.98 Å². The number of hydrogen-bond acceptors (Lipinski definition) is 3. The summed E-state index contributed by atoms with van der Waals surface area (Å²) in [6.45, 7) is 6.81. The molecule has 0 radical (unpaired) electrons. The number of thiazole rings is 1. The molecule has 0 N–H and O–H groups in total. The normalized spacial score (nSPS) is 10.5. The fourth-order valence-corrected chi connectivity index (χ4v) is 2.32. The lowest BCUT2D eigenvalue weighted by atomic mass is 10.1. The quantitative estimate of drug-likeness (QED) is 0.817. The first-order valence-corrected chi connectivity index (χ1v) is 6.70. The summed E-state index contributed by atoms with van der Waals surface area (Å²) in [5, 5.41) is 3.24. The maximum atomic E-state index is 5.81. The van der Waals surface area contributed by atoms with Gasteiger partial charge in [-0.2, -0.15) is 0 Å². The highest BCUT2D eigenvalue weighted by molar-refractivity contribution is 7.09. The van der Waals surface area contributed by atoms with E-state index in [2.05, 4.69) is 49.3 Å². The topological polar surface area (TPSA) is 22.1 Å². The van der Waals surface area contributed by atoms with E-state index < -0.39 is 0 Å². The monoisotopic (exact) mass is 247 g/mol. The van der Waals surface area contributed by atoms with Crippen LogP contribution in [0.2, 0.25) is 0 Å². The zero-order valence-corrected chi connectivity index (χ0v) is 11.3. The van der Waals surface area contributed by atoms with Crippen LogP contribution in [0.25, 0.3) is 0 Å². The lowest BCUT2D eigenvalue weighted by molar-refractivity contribution is 0.299. The van der Waals surface area contributed by atoms with Crippen molar-refractivity contribution in [3.8, 4) is 5.75 Å². The first-order valence-electron chi connectivity index (χ1n) is 5.82. The zero-order chi connectivity index (χ0) is 12.3. The van der Waals surface area contributed by atoms with Crippen molar-refractivity contribution in [3.63, 3.8) is 0 Å². The van der Waals surface area contributed by atoms with Crippen LogP contribution in [0.15, 0.2) is 23.6 Å². The van der Waals surface area contributed by atoms with Crippen LogP contribution in [0.3, 0.4) is 0 Å². The first kappa shape index (κ1) is 12.1. The molecule has 0 saturated carbocycles. The van der Waals surface area contributed by atoms with Gasteiger partial charge in [0.15, 0.2) is 0 Å². The van der Waals surface area contributed by atoms with Crippen LogP contribution in [0, 0.1) is 13.8 Å². The van der Waals surface area contributed by atoms with Gasteiger partial charge in [0.25, 0.3) is 0 Å². The third-order valence-corrected chi connectivity index (χ3v) is 3.66. The molecule has 0 amide bonds. The Bertz CT molecular complexity index is 505. The molecule has 0 bridgehead atoms. The average Bonchev–Trinajstić information content (AvgIpc) is 2.78. The summed E-state index contributed by atoms with van der Waals surface area (Å²) >= 11 is 1.70. The summed E-state index contributed by atoms with van der Waals surface area (Å²) in [4.78, 5) is 4.49. The SMILES string of the molecule is CCc1nc(COc2cc(C)ccc2C)cs1. The molecule has 0 spiro atoms. The Morgan fingerprint density at radius 1 is 1.29 bits per heavy atom. The predicted molar refractivity (Wildman–Crippen MR) is 71.7 cm³/mol. The molecule has 1 aromatic heterocycles. The fourth-order valence-electron chi connectivity index (χ4n) is 1.59. The third kappa shape index (κ3) is 3.07. The molecule has 0 unspecified atom stereocenters. The summed E-state index contributed by atoms with van der Waals surface area (Å²) in [7, 11) is 0. The van der Waals surface area contributed by atoms with E-state index in [-0.39, 0.29) is 0 Å². The fraction of sp³-hybridized carbons (Fsp3) is 0.357. The van der Waals surface area contributed by atoms with Gasteiger partial charge in [0.1, 0.15) is 12.4 Å². The molecule has 0 atom stereocenters. The second kappa shape index (κ2) is 5.32. The Kier molecular flexibility index (Phi) is 3.79. The minimum absolute atomic E-state index is 0.556. The molecule has 2 aromatic rings. The van der Waals surface area contributed by atoms with Crippen LogP contribution in [-0.4, -0.2) is 4.98 Å². The van der Waals surface area contributed by atoms with Crippen LogP contribution < -0.4 is 4.74 Å². The Morgan fingerprint density at radius 3 is 2.82 bits per heavy atom. The summed E-state index contributed by atoms with van der Waals surface area (Å²) in [5.41, 5.74) is 3.41. The molecule has 3 heteroatoms. The summed E-state index contributed by atoms with van der Waals surface area (Å²) in [5.74, 6) is 0.955. The summed E-state index contributed by atoms with van der Waals surface area (Å²) in [6, 6.07) is 6.26. The highest BCUT2D eigenvalue weighted by atomic mass is 32.1. The van der Waals surface area contributed by atoms with Gasteiger partial charge in [-0.1, -0.05) is 19.1 Å². The van der Waals surface area contributed by atoms with Crippen LogP contribution in [-0.2, 0) is 13.0 Å². The number of ether oxygens (including phenoxy) is 1. The second-order valence-electron chi connectivity index (χ2n) is 4.14. The molecule has 17 heavy (non-hydrogen) atoms. The van der Waals surface area contributed by atoms with E-state index in [1.807, 2.05) is 0 Å². The molecule has 2 nitrogen and oxygen atoms in total. The first-order chi connectivity index (χ1) is 8.19. The van der Waals surface area contributed by atoms with E-state index in [0.29, 0.717) is 6.61 Å². The van der Waals surface area contributed by atoms with Crippen molar-refractivity contribution in [1.29, 1.82) is 0 Å². The average molecular weight is 247 g/mol. The van der Waals surface area contributed by atoms with E-state index in [1.54, 1.807) is 11.3 Å². The van der Waals surface area contributed by atoms with Gasteiger partial charge in [0.05, 0.1) is 10.7 Å². The number of rotatable bonds is 4. The summed E-state index contributed by atoms with van der Waals surface area (Å²) in [6.07, 6.45) is 0.994. The molecule has 0 fully saturated rings. The van der Waals surface area contributed by atoms with Crippen LogP contribution in [0.1, 0.15) is 28.8 Å². The molecule has 90 valence electrons. The number of aromatic nitrogens is 1. The van der Waals surface area contributed by atoms with Gasteiger partial charge in [-0.3, -0.25) is 0 Å². The Balaban J connectivity index is 2.04. The predicted octanol–water partition coefficient (Wildman–Crippen LogP) is 3.90. The van der Waals surface area contributed by atoms with E-state index >= 15 is 0 Å². The van der Waals surface area contributed by atoms with Crippen molar-refractivity contribution in [2.45, 2.75) is 33.8 Å². The van der Waals surface area contributed by atoms with Crippen molar-refractivity contribution in [1.82, 2.24) is 4.98 Å². The molecule has 0 aliphatic carbocycles. The van der Waals surface area contributed by atoms with Gasteiger partial charge in [0, 0.05) is 5.38 Å². The summed E-state index contributed by atoms with van der Waals surface area (Å²) < 4.78 is 5.81. The molecule has 1 heterocycles. The molecule has 1 aromatic carbocycles. The van der Waals surface area contributed by atoms with Gasteiger partial charge in [-0.05, 0) is 37.5 Å². The highest BCUT2D eigenvalue weighted by Crippen LogP contribution is 2.20. The van der Waals surface area contributed by atoms with Crippen LogP contribution in [0.5, 0.6) is 5.75 Å². The van der Waals surface area contributed by atoms with Gasteiger partial charge in [-0.15, -0.1) is 11.3 Å². The van der Waals surface area contributed by atoms with Crippen molar-refractivity contribution in [2.75, 3.05) is 0 Å². The number of nitrogens with zero attached hydrogens (tertiary/aromatic N) is 1. The zero-order valence-electron chi connectivity index (χ0n) is 10.5. The van der Waals surface area contributed by atoms with Gasteiger partial charge in [0.2, 0.25) is 0 Å². The van der Waals surface area contributed by atoms with Crippen molar-refractivity contribution in [3.05, 3.63) is 45.4 Å². The van der Waals surface area contributed by atoms with Gasteiger partial charge >= 0.3 is 0 Å². The molecule has 0 saturated heterocycles. The largest absolute Gasteiger partial charge is 0.487 e. The molecular formula is C14H17NOS. The lowest BCUT2D eigenvalue weighted by Crippen LogP contribution is -1.98. The lowest BCUT2D eigenvalue weighted by Gasteiger charge is -2.08. The smallest absolute Gasteiger partial charge is 0.131 e. The maximum absolute atomic E-state index is 5.81. The third-order valence-electron chi connectivity index (χ3n) is 2.62. The molecular weight excluding hydrogens is 230 g/mol. The number of aryl methyl sites for hydroxylation is 3. The van der Waals surface area contributed by atoms with Crippen LogP contribution >= 0.6 is 11.3 Å². The van der Waals surface area contributed by atoms with Crippen molar-refractivity contribution in [2.24, 2.45) is 0 Å².